The fourth-order valence-electron chi connectivity index (χ4n) is 3.40. The Morgan fingerprint density at radius 2 is 1.70 bits per heavy atom. The third kappa shape index (κ3) is 4.70. The number of hydrogen-bond acceptors (Lipinski definition) is 2. The van der Waals surface area contributed by atoms with Gasteiger partial charge in [-0.1, -0.05) is 24.3 Å². The van der Waals surface area contributed by atoms with Crippen molar-refractivity contribution in [3.63, 3.8) is 0 Å². The maximum atomic E-state index is 10.6. The number of hydrogen-bond donors (Lipinski definition) is 2. The van der Waals surface area contributed by atoms with Crippen molar-refractivity contribution in [1.82, 2.24) is 0 Å². The van der Waals surface area contributed by atoms with Gasteiger partial charge in [0.25, 0.3) is 0 Å². The quantitative estimate of drug-likeness (QED) is 0.880. The van der Waals surface area contributed by atoms with Gasteiger partial charge >= 0.3 is 12.1 Å². The fraction of sp³-hybridized carbons (Fsp3) is 0.588. The molecule has 6 heteroatoms. The second-order valence-corrected chi connectivity index (χ2v) is 6.23. The normalized spacial score (nSPS) is 23.5. The van der Waals surface area contributed by atoms with Crippen LogP contribution in [-0.4, -0.2) is 23.8 Å². The first-order chi connectivity index (χ1) is 10.8. The first-order valence-electron chi connectivity index (χ1n) is 7.93. The van der Waals surface area contributed by atoms with Crippen molar-refractivity contribution in [1.29, 1.82) is 0 Å². The predicted octanol–water partition coefficient (Wildman–Crippen LogP) is 4.04. The van der Waals surface area contributed by atoms with Gasteiger partial charge in [-0.3, -0.25) is 0 Å². The summed E-state index contributed by atoms with van der Waals surface area (Å²) in [7, 11) is 0. The van der Waals surface area contributed by atoms with E-state index >= 15 is 0 Å². The first-order valence-corrected chi connectivity index (χ1v) is 7.93. The van der Waals surface area contributed by atoms with Crippen LogP contribution in [0.25, 0.3) is 0 Å². The number of aliphatic carboxylic acids is 1. The molecule has 0 saturated heterocycles. The predicted molar refractivity (Wildman–Crippen MR) is 81.2 cm³/mol. The van der Waals surface area contributed by atoms with Crippen LogP contribution in [0, 0.1) is 5.92 Å². The van der Waals surface area contributed by atoms with E-state index in [0.717, 1.165) is 30.7 Å². The standard InChI is InChI=1S/C15H21N.C2HF3O2/c16-10-9-12-7-8-14(11-5-6-11)15-4-2-1-3-13(12)15;3-2(4,5)1(6)7/h1-4,11-12,14H,5-10,16H2;(H,6,7). The molecule has 2 atom stereocenters. The molecule has 2 aliphatic rings. The second kappa shape index (κ2) is 7.34. The maximum absolute atomic E-state index is 10.6. The third-order valence-electron chi connectivity index (χ3n) is 4.61. The molecule has 0 aliphatic heterocycles. The highest BCUT2D eigenvalue weighted by molar-refractivity contribution is 5.73. The summed E-state index contributed by atoms with van der Waals surface area (Å²) in [5.74, 6) is -0.158. The number of carbonyl (C=O) groups is 1. The molecule has 23 heavy (non-hydrogen) atoms. The van der Waals surface area contributed by atoms with Crippen LogP contribution in [0.2, 0.25) is 0 Å². The summed E-state index contributed by atoms with van der Waals surface area (Å²) in [6, 6.07) is 9.10. The number of carboxylic acids is 1. The highest BCUT2D eigenvalue weighted by atomic mass is 19.4. The van der Waals surface area contributed by atoms with Gasteiger partial charge in [0.15, 0.2) is 0 Å². The largest absolute Gasteiger partial charge is 0.490 e. The Morgan fingerprint density at radius 3 is 2.17 bits per heavy atom. The fourth-order valence-corrected chi connectivity index (χ4v) is 3.40. The third-order valence-corrected chi connectivity index (χ3v) is 4.61. The van der Waals surface area contributed by atoms with E-state index in [1.54, 1.807) is 11.1 Å². The van der Waals surface area contributed by atoms with Crippen molar-refractivity contribution in [2.45, 2.75) is 50.1 Å². The van der Waals surface area contributed by atoms with Crippen molar-refractivity contribution in [2.75, 3.05) is 6.54 Å². The molecular weight excluding hydrogens is 307 g/mol. The van der Waals surface area contributed by atoms with Crippen molar-refractivity contribution in [3.05, 3.63) is 35.4 Å². The van der Waals surface area contributed by atoms with Crippen molar-refractivity contribution in [3.8, 4) is 0 Å². The molecule has 3 nitrogen and oxygen atoms in total. The van der Waals surface area contributed by atoms with Crippen LogP contribution in [0.5, 0.6) is 0 Å². The lowest BCUT2D eigenvalue weighted by Gasteiger charge is -2.31. The Kier molecular flexibility index (Phi) is 5.68. The Labute approximate surface area is 133 Å². The second-order valence-electron chi connectivity index (χ2n) is 6.23. The molecule has 0 radical (unpaired) electrons. The SMILES string of the molecule is NCCC1CCC(C2CC2)c2ccccc21.O=C(O)C(F)(F)F. The zero-order valence-electron chi connectivity index (χ0n) is 12.9. The van der Waals surface area contributed by atoms with Crippen LogP contribution in [-0.2, 0) is 4.79 Å². The number of fused-ring (bicyclic) bond motifs is 1. The number of carboxylic acid groups (broad SMARTS) is 1. The average Bonchev–Trinajstić information content (AvgIpc) is 3.32. The van der Waals surface area contributed by atoms with E-state index in [-0.39, 0.29) is 0 Å². The number of nitrogens with two attached hydrogens (primary N) is 1. The molecule has 3 rings (SSSR count). The zero-order chi connectivity index (χ0) is 17.0. The molecule has 128 valence electrons. The van der Waals surface area contributed by atoms with Crippen molar-refractivity contribution >= 4 is 5.97 Å². The van der Waals surface area contributed by atoms with Crippen LogP contribution >= 0.6 is 0 Å². The van der Waals surface area contributed by atoms with E-state index in [4.69, 9.17) is 15.6 Å². The van der Waals surface area contributed by atoms with Gasteiger partial charge in [-0.2, -0.15) is 13.2 Å². The van der Waals surface area contributed by atoms with Gasteiger partial charge in [0.1, 0.15) is 0 Å². The number of alkyl halides is 3. The van der Waals surface area contributed by atoms with Gasteiger partial charge < -0.3 is 10.8 Å². The van der Waals surface area contributed by atoms with E-state index in [1.165, 1.54) is 25.7 Å². The first kappa shape index (κ1) is 17.8. The molecular formula is C17H22F3NO2. The van der Waals surface area contributed by atoms with Gasteiger partial charge in [-0.25, -0.2) is 4.79 Å². The van der Waals surface area contributed by atoms with Gasteiger partial charge in [0, 0.05) is 0 Å². The minimum Gasteiger partial charge on any atom is -0.475 e. The zero-order valence-corrected chi connectivity index (χ0v) is 12.9. The van der Waals surface area contributed by atoms with Gasteiger partial charge in [-0.05, 0) is 67.5 Å². The molecule has 0 aromatic heterocycles. The average molecular weight is 329 g/mol. The van der Waals surface area contributed by atoms with Crippen molar-refractivity contribution in [2.24, 2.45) is 11.7 Å². The molecule has 1 saturated carbocycles. The minimum absolute atomic E-state index is 0.733. The van der Waals surface area contributed by atoms with E-state index in [2.05, 4.69) is 24.3 Å². The maximum Gasteiger partial charge on any atom is 0.490 e. The Bertz CT molecular complexity index is 541. The monoisotopic (exact) mass is 329 g/mol. The minimum atomic E-state index is -5.08. The Morgan fingerprint density at radius 1 is 1.13 bits per heavy atom. The summed E-state index contributed by atoms with van der Waals surface area (Å²) >= 11 is 0. The summed E-state index contributed by atoms with van der Waals surface area (Å²) in [5, 5.41) is 7.12. The summed E-state index contributed by atoms with van der Waals surface area (Å²) in [5.41, 5.74) is 8.98. The smallest absolute Gasteiger partial charge is 0.475 e. The molecule has 1 fully saturated rings. The Balaban J connectivity index is 0.000000236. The summed E-state index contributed by atoms with van der Waals surface area (Å²) in [6.45, 7) is 0.826. The lowest BCUT2D eigenvalue weighted by Crippen LogP contribution is -2.21. The van der Waals surface area contributed by atoms with E-state index in [9.17, 15) is 13.2 Å². The van der Waals surface area contributed by atoms with Crippen LogP contribution < -0.4 is 5.73 Å². The lowest BCUT2D eigenvalue weighted by molar-refractivity contribution is -0.192. The van der Waals surface area contributed by atoms with Crippen LogP contribution in [0.15, 0.2) is 24.3 Å². The van der Waals surface area contributed by atoms with E-state index in [0.29, 0.717) is 0 Å². The number of halogens is 3. The van der Waals surface area contributed by atoms with Gasteiger partial charge in [0.2, 0.25) is 0 Å². The van der Waals surface area contributed by atoms with E-state index < -0.39 is 12.1 Å². The molecule has 0 amide bonds. The van der Waals surface area contributed by atoms with Crippen LogP contribution in [0.1, 0.15) is 55.1 Å². The topological polar surface area (TPSA) is 63.3 Å². The molecule has 0 bridgehead atoms. The molecule has 1 aromatic rings. The van der Waals surface area contributed by atoms with Crippen LogP contribution in [0.3, 0.4) is 0 Å². The number of benzene rings is 1. The summed E-state index contributed by atoms with van der Waals surface area (Å²) in [4.78, 5) is 8.90. The Hall–Kier alpha value is -1.56. The molecule has 0 spiro atoms. The van der Waals surface area contributed by atoms with Gasteiger partial charge in [0.05, 0.1) is 0 Å². The van der Waals surface area contributed by atoms with Crippen molar-refractivity contribution < 1.29 is 23.1 Å². The summed E-state index contributed by atoms with van der Waals surface area (Å²) < 4.78 is 31.7. The molecule has 2 unspecified atom stereocenters. The van der Waals surface area contributed by atoms with Crippen LogP contribution in [0.4, 0.5) is 13.2 Å². The summed E-state index contributed by atoms with van der Waals surface area (Å²) in [6.07, 6.45) is 1.75. The highest BCUT2D eigenvalue weighted by Crippen LogP contribution is 2.51. The number of rotatable bonds is 3. The molecule has 2 aliphatic carbocycles. The van der Waals surface area contributed by atoms with E-state index in [1.807, 2.05) is 0 Å². The lowest BCUT2D eigenvalue weighted by atomic mass is 9.74. The van der Waals surface area contributed by atoms with Gasteiger partial charge in [-0.15, -0.1) is 0 Å². The molecule has 1 aromatic carbocycles. The molecule has 0 heterocycles. The molecule has 3 N–H and O–H groups in total. The highest BCUT2D eigenvalue weighted by Gasteiger charge is 2.38.